The zero-order valence-corrected chi connectivity index (χ0v) is 13.2. The molecule has 0 saturated heterocycles. The molecule has 1 heterocycles. The van der Waals surface area contributed by atoms with Crippen molar-refractivity contribution in [1.29, 1.82) is 0 Å². The summed E-state index contributed by atoms with van der Waals surface area (Å²) >= 11 is 6.26. The van der Waals surface area contributed by atoms with Crippen molar-refractivity contribution in [3.05, 3.63) is 64.2 Å². The Kier molecular flexibility index (Phi) is 4.18. The SMILES string of the molecule is CCNC1CC(c2ccc(C)c(Cl)c2)Oc2ccccc21. The quantitative estimate of drug-likeness (QED) is 0.877. The number of fused-ring (bicyclic) bond motifs is 1. The fourth-order valence-corrected chi connectivity index (χ4v) is 3.06. The van der Waals surface area contributed by atoms with Gasteiger partial charge in [-0.2, -0.15) is 0 Å². The largest absolute Gasteiger partial charge is 0.485 e. The van der Waals surface area contributed by atoms with E-state index in [0.717, 1.165) is 34.9 Å². The topological polar surface area (TPSA) is 21.3 Å². The van der Waals surface area contributed by atoms with Gasteiger partial charge in [0.15, 0.2) is 0 Å². The first-order chi connectivity index (χ1) is 10.2. The molecule has 1 N–H and O–H groups in total. The Bertz CT molecular complexity index is 641. The van der Waals surface area contributed by atoms with Crippen LogP contribution in [0.4, 0.5) is 0 Å². The lowest BCUT2D eigenvalue weighted by molar-refractivity contribution is 0.152. The number of para-hydroxylation sites is 1. The predicted octanol–water partition coefficient (Wildman–Crippen LogP) is 4.82. The molecule has 0 aromatic heterocycles. The molecule has 0 aliphatic carbocycles. The van der Waals surface area contributed by atoms with Crippen LogP contribution in [0.3, 0.4) is 0 Å². The van der Waals surface area contributed by atoms with Crippen molar-refractivity contribution in [2.45, 2.75) is 32.4 Å². The molecule has 110 valence electrons. The number of aryl methyl sites for hydroxylation is 1. The highest BCUT2D eigenvalue weighted by atomic mass is 35.5. The highest BCUT2D eigenvalue weighted by Gasteiger charge is 2.28. The molecule has 0 bridgehead atoms. The molecule has 0 amide bonds. The van der Waals surface area contributed by atoms with E-state index < -0.39 is 0 Å². The summed E-state index contributed by atoms with van der Waals surface area (Å²) in [5, 5.41) is 4.35. The summed E-state index contributed by atoms with van der Waals surface area (Å²) in [5.74, 6) is 0.969. The maximum Gasteiger partial charge on any atom is 0.126 e. The monoisotopic (exact) mass is 301 g/mol. The summed E-state index contributed by atoms with van der Waals surface area (Å²) in [6.07, 6.45) is 0.964. The molecule has 3 rings (SSSR count). The van der Waals surface area contributed by atoms with E-state index in [2.05, 4.69) is 36.5 Å². The molecular formula is C18H20ClNO. The molecule has 2 unspecified atom stereocenters. The zero-order chi connectivity index (χ0) is 14.8. The summed E-state index contributed by atoms with van der Waals surface area (Å²) in [7, 11) is 0. The Hall–Kier alpha value is -1.51. The van der Waals surface area contributed by atoms with E-state index in [9.17, 15) is 0 Å². The van der Waals surface area contributed by atoms with Gasteiger partial charge in [-0.1, -0.05) is 48.9 Å². The second kappa shape index (κ2) is 6.08. The van der Waals surface area contributed by atoms with E-state index in [0.29, 0.717) is 6.04 Å². The Morgan fingerprint density at radius 2 is 2.05 bits per heavy atom. The minimum Gasteiger partial charge on any atom is -0.485 e. The van der Waals surface area contributed by atoms with E-state index in [1.54, 1.807) is 0 Å². The minimum atomic E-state index is 0.0436. The van der Waals surface area contributed by atoms with Crippen molar-refractivity contribution >= 4 is 11.6 Å². The average molecular weight is 302 g/mol. The summed E-state index contributed by atoms with van der Waals surface area (Å²) in [6, 6.07) is 14.8. The predicted molar refractivity (Wildman–Crippen MR) is 87.0 cm³/mol. The number of hydrogen-bond acceptors (Lipinski definition) is 2. The molecular weight excluding hydrogens is 282 g/mol. The van der Waals surface area contributed by atoms with Crippen LogP contribution in [-0.4, -0.2) is 6.54 Å². The van der Waals surface area contributed by atoms with Gasteiger partial charge in [0.05, 0.1) is 0 Å². The lowest BCUT2D eigenvalue weighted by Crippen LogP contribution is -2.28. The normalized spacial score (nSPS) is 20.7. The van der Waals surface area contributed by atoms with Crippen LogP contribution in [0.2, 0.25) is 5.02 Å². The Morgan fingerprint density at radius 3 is 2.81 bits per heavy atom. The fourth-order valence-electron chi connectivity index (χ4n) is 2.87. The second-order valence-electron chi connectivity index (χ2n) is 5.50. The summed E-state index contributed by atoms with van der Waals surface area (Å²) in [4.78, 5) is 0. The lowest BCUT2D eigenvalue weighted by Gasteiger charge is -2.33. The first kappa shape index (κ1) is 14.4. The van der Waals surface area contributed by atoms with Gasteiger partial charge in [-0.3, -0.25) is 0 Å². The van der Waals surface area contributed by atoms with Crippen LogP contribution in [0.15, 0.2) is 42.5 Å². The van der Waals surface area contributed by atoms with Crippen LogP contribution in [0.1, 0.15) is 42.2 Å². The maximum absolute atomic E-state index is 6.26. The lowest BCUT2D eigenvalue weighted by atomic mass is 9.92. The summed E-state index contributed by atoms with van der Waals surface area (Å²) in [5.41, 5.74) is 3.48. The van der Waals surface area contributed by atoms with E-state index in [4.69, 9.17) is 16.3 Å². The standard InChI is InChI=1S/C18H20ClNO/c1-3-20-16-11-18(13-9-8-12(2)15(19)10-13)21-17-7-5-4-6-14(16)17/h4-10,16,18,20H,3,11H2,1-2H3. The van der Waals surface area contributed by atoms with Gasteiger partial charge >= 0.3 is 0 Å². The van der Waals surface area contributed by atoms with E-state index >= 15 is 0 Å². The molecule has 21 heavy (non-hydrogen) atoms. The number of benzene rings is 2. The highest BCUT2D eigenvalue weighted by Crippen LogP contribution is 2.41. The number of rotatable bonds is 3. The third-order valence-electron chi connectivity index (χ3n) is 4.03. The van der Waals surface area contributed by atoms with Gasteiger partial charge in [-0.25, -0.2) is 0 Å². The molecule has 1 aliphatic rings. The molecule has 2 nitrogen and oxygen atoms in total. The number of nitrogens with one attached hydrogen (secondary N) is 1. The summed E-state index contributed by atoms with van der Waals surface area (Å²) < 4.78 is 6.19. The fraction of sp³-hybridized carbons (Fsp3) is 0.333. The zero-order valence-electron chi connectivity index (χ0n) is 12.4. The van der Waals surface area contributed by atoms with Gasteiger partial charge in [-0.15, -0.1) is 0 Å². The first-order valence-corrected chi connectivity index (χ1v) is 7.82. The van der Waals surface area contributed by atoms with Crippen molar-refractivity contribution in [2.24, 2.45) is 0 Å². The van der Waals surface area contributed by atoms with Crippen LogP contribution in [0.25, 0.3) is 0 Å². The second-order valence-corrected chi connectivity index (χ2v) is 5.91. The molecule has 0 fully saturated rings. The number of hydrogen-bond donors (Lipinski definition) is 1. The molecule has 1 aliphatic heterocycles. The molecule has 0 spiro atoms. The first-order valence-electron chi connectivity index (χ1n) is 7.44. The van der Waals surface area contributed by atoms with E-state index in [1.807, 2.05) is 25.1 Å². The minimum absolute atomic E-state index is 0.0436. The van der Waals surface area contributed by atoms with Crippen LogP contribution in [0.5, 0.6) is 5.75 Å². The van der Waals surface area contributed by atoms with Crippen LogP contribution >= 0.6 is 11.6 Å². The van der Waals surface area contributed by atoms with Gasteiger partial charge < -0.3 is 10.1 Å². The van der Waals surface area contributed by atoms with Gasteiger partial charge in [0, 0.05) is 23.0 Å². The smallest absolute Gasteiger partial charge is 0.126 e. The van der Waals surface area contributed by atoms with E-state index in [1.165, 1.54) is 5.56 Å². The number of halogens is 1. The number of ether oxygens (including phenoxy) is 1. The van der Waals surface area contributed by atoms with E-state index in [-0.39, 0.29) is 6.10 Å². The molecule has 2 atom stereocenters. The molecule has 0 radical (unpaired) electrons. The van der Waals surface area contributed by atoms with Crippen molar-refractivity contribution in [2.75, 3.05) is 6.54 Å². The van der Waals surface area contributed by atoms with Gasteiger partial charge in [0.25, 0.3) is 0 Å². The van der Waals surface area contributed by atoms with Crippen LogP contribution in [-0.2, 0) is 0 Å². The molecule has 2 aromatic carbocycles. The molecule has 0 saturated carbocycles. The van der Waals surface area contributed by atoms with Crippen LogP contribution in [0, 0.1) is 6.92 Å². The summed E-state index contributed by atoms with van der Waals surface area (Å²) in [6.45, 7) is 5.10. The maximum atomic E-state index is 6.26. The highest BCUT2D eigenvalue weighted by molar-refractivity contribution is 6.31. The van der Waals surface area contributed by atoms with Gasteiger partial charge in [0.2, 0.25) is 0 Å². The Labute approximate surface area is 131 Å². The Balaban J connectivity index is 1.93. The molecule has 2 aromatic rings. The van der Waals surface area contributed by atoms with Crippen molar-refractivity contribution in [3.8, 4) is 5.75 Å². The molecule has 3 heteroatoms. The third kappa shape index (κ3) is 2.92. The van der Waals surface area contributed by atoms with Crippen molar-refractivity contribution in [3.63, 3.8) is 0 Å². The van der Waals surface area contributed by atoms with Gasteiger partial charge in [-0.05, 0) is 36.7 Å². The van der Waals surface area contributed by atoms with Gasteiger partial charge in [0.1, 0.15) is 11.9 Å². The Morgan fingerprint density at radius 1 is 1.24 bits per heavy atom. The van der Waals surface area contributed by atoms with Crippen molar-refractivity contribution in [1.82, 2.24) is 5.32 Å². The third-order valence-corrected chi connectivity index (χ3v) is 4.44. The average Bonchev–Trinajstić information content (AvgIpc) is 2.50. The van der Waals surface area contributed by atoms with Crippen molar-refractivity contribution < 1.29 is 4.74 Å². The van der Waals surface area contributed by atoms with Crippen LogP contribution < -0.4 is 10.1 Å².